The zero-order valence-corrected chi connectivity index (χ0v) is 15.5. The number of hydrogen-bond acceptors (Lipinski definition) is 4. The Morgan fingerprint density at radius 1 is 0.929 bits per heavy atom. The van der Waals surface area contributed by atoms with E-state index in [0.717, 1.165) is 16.8 Å². The Hall–Kier alpha value is -3.98. The second kappa shape index (κ2) is 8.14. The third-order valence-electron chi connectivity index (χ3n) is 4.27. The predicted octanol–water partition coefficient (Wildman–Crippen LogP) is 4.07. The van der Waals surface area contributed by atoms with Crippen molar-refractivity contribution in [1.82, 2.24) is 4.98 Å². The predicted molar refractivity (Wildman–Crippen MR) is 107 cm³/mol. The second-order valence-electron chi connectivity index (χ2n) is 6.26. The number of aromatic nitrogens is 1. The van der Waals surface area contributed by atoms with E-state index in [1.807, 2.05) is 38.1 Å². The summed E-state index contributed by atoms with van der Waals surface area (Å²) in [5, 5.41) is 14.7. The molecule has 0 atom stereocenters. The zero-order chi connectivity index (χ0) is 20.1. The third kappa shape index (κ3) is 4.05. The van der Waals surface area contributed by atoms with Crippen LogP contribution in [-0.2, 0) is 0 Å². The summed E-state index contributed by atoms with van der Waals surface area (Å²) in [4.78, 5) is 29.2. The average Bonchev–Trinajstić information content (AvgIpc) is 2.71. The Labute approximate surface area is 162 Å². The van der Waals surface area contributed by atoms with Crippen LogP contribution in [0.15, 0.2) is 60.8 Å². The molecular weight excluding hydrogens is 352 g/mol. The topological polar surface area (TPSA) is 94.9 Å². The fraction of sp³-hybridized carbons (Fsp3) is 0.0909. The number of nitrogens with zero attached hydrogens (tertiary/aromatic N) is 2. The molecule has 0 aliphatic heterocycles. The van der Waals surface area contributed by atoms with Crippen LogP contribution in [0.2, 0.25) is 0 Å². The van der Waals surface area contributed by atoms with E-state index >= 15 is 0 Å². The first-order valence-electron chi connectivity index (χ1n) is 8.63. The molecule has 28 heavy (non-hydrogen) atoms. The van der Waals surface area contributed by atoms with Crippen LogP contribution in [0.4, 0.5) is 11.4 Å². The zero-order valence-electron chi connectivity index (χ0n) is 15.5. The Balaban J connectivity index is 1.81. The monoisotopic (exact) mass is 370 g/mol. The summed E-state index contributed by atoms with van der Waals surface area (Å²) in [5.74, 6) is -0.823. The van der Waals surface area contributed by atoms with Crippen molar-refractivity contribution in [1.29, 1.82) is 5.26 Å². The van der Waals surface area contributed by atoms with Crippen LogP contribution in [0.5, 0.6) is 0 Å². The van der Waals surface area contributed by atoms with Crippen LogP contribution < -0.4 is 10.6 Å². The first kappa shape index (κ1) is 18.8. The van der Waals surface area contributed by atoms with Gasteiger partial charge >= 0.3 is 0 Å². The van der Waals surface area contributed by atoms with E-state index in [9.17, 15) is 9.59 Å². The molecule has 0 fully saturated rings. The first-order valence-corrected chi connectivity index (χ1v) is 8.63. The lowest BCUT2D eigenvalue weighted by molar-refractivity contribution is 0.102. The largest absolute Gasteiger partial charge is 0.321 e. The summed E-state index contributed by atoms with van der Waals surface area (Å²) in [6.45, 7) is 3.82. The molecule has 6 nitrogen and oxygen atoms in total. The molecule has 138 valence electrons. The van der Waals surface area contributed by atoms with Crippen molar-refractivity contribution >= 4 is 23.2 Å². The van der Waals surface area contributed by atoms with Crippen molar-refractivity contribution in [3.05, 3.63) is 88.7 Å². The van der Waals surface area contributed by atoms with Gasteiger partial charge in [-0.3, -0.25) is 14.6 Å². The maximum atomic E-state index is 12.6. The highest BCUT2D eigenvalue weighted by molar-refractivity contribution is 6.08. The molecular formula is C22H18N4O2. The maximum absolute atomic E-state index is 12.6. The van der Waals surface area contributed by atoms with Gasteiger partial charge in [0, 0.05) is 17.4 Å². The van der Waals surface area contributed by atoms with Crippen molar-refractivity contribution in [2.75, 3.05) is 10.6 Å². The van der Waals surface area contributed by atoms with Gasteiger partial charge in [-0.1, -0.05) is 30.3 Å². The van der Waals surface area contributed by atoms with Gasteiger partial charge in [0.1, 0.15) is 11.8 Å². The second-order valence-corrected chi connectivity index (χ2v) is 6.26. The van der Waals surface area contributed by atoms with Gasteiger partial charge in [0.25, 0.3) is 11.8 Å². The highest BCUT2D eigenvalue weighted by Crippen LogP contribution is 2.20. The summed E-state index contributed by atoms with van der Waals surface area (Å²) in [6, 6.07) is 17.4. The molecule has 0 spiro atoms. The summed E-state index contributed by atoms with van der Waals surface area (Å²) < 4.78 is 0. The molecule has 3 aromatic rings. The van der Waals surface area contributed by atoms with Gasteiger partial charge in [-0.15, -0.1) is 0 Å². The number of carbonyl (C=O) groups is 2. The average molecular weight is 370 g/mol. The first-order chi connectivity index (χ1) is 13.5. The van der Waals surface area contributed by atoms with E-state index in [1.54, 1.807) is 24.3 Å². The van der Waals surface area contributed by atoms with Gasteiger partial charge in [-0.2, -0.15) is 5.26 Å². The van der Waals surface area contributed by atoms with Gasteiger partial charge in [-0.05, 0) is 49.2 Å². The molecule has 2 N–H and O–H groups in total. The Morgan fingerprint density at radius 3 is 2.36 bits per heavy atom. The standard InChI is InChI=1S/C22H18N4O2/c1-14-6-5-7-15(2)20(14)26-22(28)19-12-16(10-11-24-19)21(27)25-18-9-4-3-8-17(18)13-23/h3-12H,1-2H3,(H,25,27)(H,26,28). The lowest BCUT2D eigenvalue weighted by Crippen LogP contribution is -2.18. The quantitative estimate of drug-likeness (QED) is 0.723. The summed E-state index contributed by atoms with van der Waals surface area (Å²) in [5.41, 5.74) is 3.78. The minimum absolute atomic E-state index is 0.129. The van der Waals surface area contributed by atoms with Crippen LogP contribution >= 0.6 is 0 Å². The van der Waals surface area contributed by atoms with Crippen molar-refractivity contribution in [3.8, 4) is 6.07 Å². The number of aryl methyl sites for hydroxylation is 2. The van der Waals surface area contributed by atoms with E-state index in [-0.39, 0.29) is 11.3 Å². The molecule has 0 unspecified atom stereocenters. The highest BCUT2D eigenvalue weighted by atomic mass is 16.2. The van der Waals surface area contributed by atoms with E-state index in [4.69, 9.17) is 5.26 Å². The molecule has 0 bridgehead atoms. The number of rotatable bonds is 4. The van der Waals surface area contributed by atoms with Gasteiger partial charge in [0.15, 0.2) is 0 Å². The summed E-state index contributed by atoms with van der Waals surface area (Å²) >= 11 is 0. The van der Waals surface area contributed by atoms with E-state index in [2.05, 4.69) is 15.6 Å². The Kier molecular flexibility index (Phi) is 5.47. The molecule has 2 aromatic carbocycles. The number of amides is 2. The number of anilines is 2. The van der Waals surface area contributed by atoms with E-state index in [0.29, 0.717) is 11.3 Å². The Bertz CT molecular complexity index is 1080. The molecule has 0 aliphatic carbocycles. The van der Waals surface area contributed by atoms with Crippen LogP contribution in [0.25, 0.3) is 0 Å². The third-order valence-corrected chi connectivity index (χ3v) is 4.27. The van der Waals surface area contributed by atoms with Crippen molar-refractivity contribution in [2.45, 2.75) is 13.8 Å². The van der Waals surface area contributed by atoms with Gasteiger partial charge in [0.2, 0.25) is 0 Å². The highest BCUT2D eigenvalue weighted by Gasteiger charge is 2.15. The molecule has 6 heteroatoms. The number of nitrogens with one attached hydrogen (secondary N) is 2. The minimum Gasteiger partial charge on any atom is -0.321 e. The van der Waals surface area contributed by atoms with Gasteiger partial charge in [-0.25, -0.2) is 0 Å². The molecule has 0 aliphatic rings. The van der Waals surface area contributed by atoms with Crippen LogP contribution in [0.1, 0.15) is 37.5 Å². The summed E-state index contributed by atoms with van der Waals surface area (Å²) in [6.07, 6.45) is 1.41. The smallest absolute Gasteiger partial charge is 0.274 e. The van der Waals surface area contributed by atoms with Crippen LogP contribution in [0, 0.1) is 25.2 Å². The fourth-order valence-electron chi connectivity index (χ4n) is 2.77. The Morgan fingerprint density at radius 2 is 1.64 bits per heavy atom. The summed E-state index contributed by atoms with van der Waals surface area (Å²) in [7, 11) is 0. The van der Waals surface area contributed by atoms with Gasteiger partial charge in [0.05, 0.1) is 11.3 Å². The SMILES string of the molecule is Cc1cccc(C)c1NC(=O)c1cc(C(=O)Nc2ccccc2C#N)ccn1. The van der Waals surface area contributed by atoms with E-state index in [1.165, 1.54) is 18.3 Å². The van der Waals surface area contributed by atoms with Crippen molar-refractivity contribution in [3.63, 3.8) is 0 Å². The normalized spacial score (nSPS) is 10.0. The van der Waals surface area contributed by atoms with Crippen molar-refractivity contribution < 1.29 is 9.59 Å². The number of para-hydroxylation sites is 2. The maximum Gasteiger partial charge on any atom is 0.274 e. The van der Waals surface area contributed by atoms with E-state index < -0.39 is 11.8 Å². The number of carbonyl (C=O) groups excluding carboxylic acids is 2. The molecule has 0 saturated carbocycles. The molecule has 1 aromatic heterocycles. The number of nitriles is 1. The number of pyridine rings is 1. The number of benzene rings is 2. The molecule has 2 amide bonds. The minimum atomic E-state index is -0.425. The lowest BCUT2D eigenvalue weighted by Gasteiger charge is -2.11. The number of hydrogen-bond donors (Lipinski definition) is 2. The fourth-order valence-corrected chi connectivity index (χ4v) is 2.77. The lowest BCUT2D eigenvalue weighted by atomic mass is 10.1. The van der Waals surface area contributed by atoms with Crippen molar-refractivity contribution in [2.24, 2.45) is 0 Å². The molecule has 0 radical (unpaired) electrons. The molecule has 3 rings (SSSR count). The van der Waals surface area contributed by atoms with Crippen LogP contribution in [0.3, 0.4) is 0 Å². The van der Waals surface area contributed by atoms with Crippen LogP contribution in [-0.4, -0.2) is 16.8 Å². The van der Waals surface area contributed by atoms with Gasteiger partial charge < -0.3 is 10.6 Å². The molecule has 0 saturated heterocycles. The molecule has 1 heterocycles.